The molecule has 0 bridgehead atoms. The number of piperidine rings is 3. The minimum absolute atomic E-state index is 0.104. The van der Waals surface area contributed by atoms with Crippen LogP contribution in [0.1, 0.15) is 73.1 Å². The number of amides is 3. The standard InChI is InChI=1S/C15H23N3OS.C15H16N2O5.C2H6.CH2O/c19-17-13-1-3-14(4-2-13)20-18-11-7-15(8-12-18)5-9-16-10-6-15;1-17(10-6-7-12(19)16-14(10)20)15(21)13-9(8-18)4-3-5-11(13)22-2;2*1-2/h1-4,16-17,19H,5-12H2;3-5,8,10H,6-7H2,1-2H3,(H,16,19,20);1-2H3;1H2. The van der Waals surface area contributed by atoms with E-state index in [0.717, 1.165) is 5.69 Å². The van der Waals surface area contributed by atoms with Gasteiger partial charge in [0.25, 0.3) is 5.91 Å². The molecule has 3 amide bonds. The Kier molecular flexibility index (Phi) is 16.4. The quantitative estimate of drug-likeness (QED) is 0.147. The van der Waals surface area contributed by atoms with E-state index in [2.05, 4.69) is 32.6 Å². The lowest BCUT2D eigenvalue weighted by molar-refractivity contribution is -0.136. The van der Waals surface area contributed by atoms with Gasteiger partial charge in [0, 0.05) is 37.0 Å². The van der Waals surface area contributed by atoms with E-state index >= 15 is 0 Å². The summed E-state index contributed by atoms with van der Waals surface area (Å²) >= 11 is 1.84. The smallest absolute Gasteiger partial charge is 0.258 e. The number of aldehydes is 1. The fourth-order valence-electron chi connectivity index (χ4n) is 5.66. The number of anilines is 1. The predicted octanol–water partition coefficient (Wildman–Crippen LogP) is 4.19. The van der Waals surface area contributed by atoms with Crippen molar-refractivity contribution in [3.63, 3.8) is 0 Å². The Morgan fingerprint density at radius 3 is 2.26 bits per heavy atom. The molecule has 13 heteroatoms. The summed E-state index contributed by atoms with van der Waals surface area (Å²) in [7, 11) is 2.86. The average molecular weight is 658 g/mol. The van der Waals surface area contributed by atoms with E-state index in [0.29, 0.717) is 11.7 Å². The lowest BCUT2D eigenvalue weighted by Crippen LogP contribution is -2.53. The zero-order valence-corrected chi connectivity index (χ0v) is 28.0. The predicted molar refractivity (Wildman–Crippen MR) is 178 cm³/mol. The van der Waals surface area contributed by atoms with Gasteiger partial charge in [0.15, 0.2) is 6.29 Å². The van der Waals surface area contributed by atoms with Crippen molar-refractivity contribution in [1.82, 2.24) is 19.8 Å². The number of nitrogens with zero attached hydrogens (tertiary/aromatic N) is 2. The molecule has 1 atom stereocenters. The second kappa shape index (κ2) is 19.7. The summed E-state index contributed by atoms with van der Waals surface area (Å²) in [5.41, 5.74) is 3.81. The maximum atomic E-state index is 12.7. The molecule has 2 aromatic carbocycles. The van der Waals surface area contributed by atoms with Gasteiger partial charge in [0.2, 0.25) is 11.8 Å². The highest BCUT2D eigenvalue weighted by Gasteiger charge is 2.36. The maximum absolute atomic E-state index is 12.7. The molecule has 3 heterocycles. The highest BCUT2D eigenvalue weighted by atomic mass is 32.2. The van der Waals surface area contributed by atoms with Crippen molar-refractivity contribution in [2.24, 2.45) is 5.41 Å². The van der Waals surface area contributed by atoms with Crippen molar-refractivity contribution >= 4 is 48.4 Å². The number of imide groups is 1. The van der Waals surface area contributed by atoms with E-state index in [1.54, 1.807) is 12.1 Å². The third-order valence-corrected chi connectivity index (χ3v) is 9.39. The zero-order valence-electron chi connectivity index (χ0n) is 27.2. The number of hydrogen-bond donors (Lipinski definition) is 4. The number of hydrogen-bond acceptors (Lipinski definition) is 11. The van der Waals surface area contributed by atoms with Crippen LogP contribution in [0.5, 0.6) is 5.75 Å². The second-order valence-electron chi connectivity index (χ2n) is 10.8. The molecule has 5 rings (SSSR count). The van der Waals surface area contributed by atoms with Gasteiger partial charge in [0.1, 0.15) is 18.6 Å². The van der Waals surface area contributed by atoms with Crippen molar-refractivity contribution in [1.29, 1.82) is 0 Å². The van der Waals surface area contributed by atoms with Crippen LogP contribution in [-0.2, 0) is 14.4 Å². The Morgan fingerprint density at radius 2 is 1.72 bits per heavy atom. The van der Waals surface area contributed by atoms with E-state index in [-0.39, 0.29) is 35.6 Å². The van der Waals surface area contributed by atoms with Gasteiger partial charge in [0.05, 0.1) is 18.4 Å². The van der Waals surface area contributed by atoms with Crippen molar-refractivity contribution in [3.05, 3.63) is 53.6 Å². The Hall–Kier alpha value is -3.78. The number of benzene rings is 2. The van der Waals surface area contributed by atoms with Gasteiger partial charge < -0.3 is 19.7 Å². The first-order valence-electron chi connectivity index (χ1n) is 15.4. The molecule has 0 aliphatic carbocycles. The third kappa shape index (κ3) is 10.4. The number of nitrogens with one attached hydrogen (secondary N) is 3. The molecule has 3 fully saturated rings. The molecular formula is C33H47N5O7S. The van der Waals surface area contributed by atoms with Crippen LogP contribution in [0.3, 0.4) is 0 Å². The highest BCUT2D eigenvalue weighted by Crippen LogP contribution is 2.41. The molecule has 0 aromatic heterocycles. The molecule has 46 heavy (non-hydrogen) atoms. The summed E-state index contributed by atoms with van der Waals surface area (Å²) in [6.45, 7) is 10.8. The summed E-state index contributed by atoms with van der Waals surface area (Å²) in [4.78, 5) is 57.3. The molecule has 1 spiro atoms. The topological polar surface area (TPSA) is 157 Å². The molecule has 3 aliphatic heterocycles. The van der Waals surface area contributed by atoms with Crippen LogP contribution in [0.25, 0.3) is 0 Å². The lowest BCUT2D eigenvalue weighted by atomic mass is 9.72. The Bertz CT molecular complexity index is 1280. The number of ether oxygens (including phenoxy) is 1. The average Bonchev–Trinajstić information content (AvgIpc) is 3.11. The van der Waals surface area contributed by atoms with Crippen LogP contribution >= 0.6 is 11.9 Å². The zero-order chi connectivity index (χ0) is 34.1. The SMILES string of the molecule is C=O.CC.COc1cccc(C=O)c1C(=O)N(C)C1CCC(=O)NC1=O.ONc1ccc(SN2CCC3(CCNCC3)CC2)cc1. The van der Waals surface area contributed by atoms with Crippen LogP contribution in [-0.4, -0.2) is 91.6 Å². The normalized spacial score (nSPS) is 18.6. The lowest BCUT2D eigenvalue weighted by Gasteiger charge is -2.44. The molecule has 12 nitrogen and oxygen atoms in total. The second-order valence-corrected chi connectivity index (χ2v) is 12.0. The molecule has 0 radical (unpaired) electrons. The van der Waals surface area contributed by atoms with Crippen LogP contribution in [0.4, 0.5) is 5.69 Å². The number of carbonyl (C=O) groups is 5. The highest BCUT2D eigenvalue weighted by molar-refractivity contribution is 7.97. The van der Waals surface area contributed by atoms with Gasteiger partial charge in [-0.25, -0.2) is 4.31 Å². The van der Waals surface area contributed by atoms with Crippen LogP contribution in [0.2, 0.25) is 0 Å². The summed E-state index contributed by atoms with van der Waals surface area (Å²) in [6.07, 6.45) is 6.34. The van der Waals surface area contributed by atoms with Crippen molar-refractivity contribution in [3.8, 4) is 5.75 Å². The van der Waals surface area contributed by atoms with E-state index in [1.165, 1.54) is 81.9 Å². The first-order valence-corrected chi connectivity index (χ1v) is 16.2. The van der Waals surface area contributed by atoms with Gasteiger partial charge in [-0.2, -0.15) is 0 Å². The van der Waals surface area contributed by atoms with Gasteiger partial charge in [-0.15, -0.1) is 0 Å². The van der Waals surface area contributed by atoms with E-state index < -0.39 is 17.9 Å². The summed E-state index contributed by atoms with van der Waals surface area (Å²) < 4.78 is 7.61. The molecule has 3 saturated heterocycles. The Labute approximate surface area is 275 Å². The summed E-state index contributed by atoms with van der Waals surface area (Å²) in [5, 5.41) is 14.5. The Morgan fingerprint density at radius 1 is 1.09 bits per heavy atom. The fraction of sp³-hybridized carbons (Fsp3) is 0.485. The first-order chi connectivity index (χ1) is 22.3. The molecule has 3 aliphatic rings. The van der Waals surface area contributed by atoms with E-state index in [1.807, 2.05) is 44.7 Å². The number of likely N-dealkylation sites (N-methyl/N-ethyl adjacent to an activating group) is 1. The van der Waals surface area contributed by atoms with Crippen molar-refractivity contribution < 1.29 is 33.9 Å². The minimum Gasteiger partial charge on any atom is -0.496 e. The van der Waals surface area contributed by atoms with Gasteiger partial charge >= 0.3 is 0 Å². The molecular weight excluding hydrogens is 610 g/mol. The summed E-state index contributed by atoms with van der Waals surface area (Å²) in [6, 6.07) is 11.8. The number of methoxy groups -OCH3 is 1. The van der Waals surface area contributed by atoms with E-state index in [4.69, 9.17) is 14.7 Å². The van der Waals surface area contributed by atoms with Crippen molar-refractivity contribution in [2.45, 2.75) is 63.3 Å². The van der Waals surface area contributed by atoms with Gasteiger partial charge in [-0.1, -0.05) is 26.0 Å². The molecule has 0 saturated carbocycles. The molecule has 4 N–H and O–H groups in total. The maximum Gasteiger partial charge on any atom is 0.258 e. The van der Waals surface area contributed by atoms with Crippen LogP contribution < -0.4 is 20.9 Å². The minimum atomic E-state index is -0.755. The molecule has 1 unspecified atom stereocenters. The number of carbonyl (C=O) groups excluding carboxylic acids is 5. The number of rotatable bonds is 7. The molecule has 2 aromatic rings. The van der Waals surface area contributed by atoms with Gasteiger partial charge in [-0.3, -0.25) is 35.2 Å². The largest absolute Gasteiger partial charge is 0.496 e. The van der Waals surface area contributed by atoms with Crippen LogP contribution in [0, 0.1) is 5.41 Å². The fourth-order valence-corrected chi connectivity index (χ4v) is 6.58. The van der Waals surface area contributed by atoms with Crippen molar-refractivity contribution in [2.75, 3.05) is 45.8 Å². The van der Waals surface area contributed by atoms with Crippen LogP contribution in [0.15, 0.2) is 47.4 Å². The van der Waals surface area contributed by atoms with Gasteiger partial charge in [-0.05, 0) is 92.9 Å². The monoisotopic (exact) mass is 657 g/mol. The third-order valence-electron chi connectivity index (χ3n) is 8.28. The first kappa shape index (κ1) is 38.4. The Balaban J connectivity index is 0.000000290. The molecule has 252 valence electrons. The summed E-state index contributed by atoms with van der Waals surface area (Å²) in [5.74, 6) is -1.12. The van der Waals surface area contributed by atoms with E-state index in [9.17, 15) is 19.2 Å².